The highest BCUT2D eigenvalue weighted by Gasteiger charge is 2.37. The number of methoxy groups -OCH3 is 1. The molecule has 1 unspecified atom stereocenters. The highest BCUT2D eigenvalue weighted by atomic mass is 16.5. The van der Waals surface area contributed by atoms with Crippen LogP contribution in [0.15, 0.2) is 30.3 Å². The number of fused-ring (bicyclic) bond motifs is 6. The SMILES string of the molecule is CO[C@@H]1CCC=Cc2cccc(c2)C2CCCCN2C(=O)[C@@H]2CCCN(N2)C(=O)[C@H](C)NC(=O)[C@H](C(C)C)NC(=O)[C@@H]1C. The van der Waals surface area contributed by atoms with E-state index in [2.05, 4.69) is 46.4 Å². The summed E-state index contributed by atoms with van der Waals surface area (Å²) in [6.45, 7) is 8.29. The van der Waals surface area contributed by atoms with Crippen molar-refractivity contribution in [3.63, 3.8) is 0 Å². The molecule has 1 aromatic carbocycles. The van der Waals surface area contributed by atoms with Gasteiger partial charge in [-0.3, -0.25) is 24.2 Å². The van der Waals surface area contributed by atoms with E-state index in [1.807, 2.05) is 31.7 Å². The third kappa shape index (κ3) is 8.03. The summed E-state index contributed by atoms with van der Waals surface area (Å²) in [7, 11) is 1.60. The molecule has 2 saturated heterocycles. The molecule has 4 bridgehead atoms. The molecule has 10 nitrogen and oxygen atoms in total. The fourth-order valence-corrected chi connectivity index (χ4v) is 6.37. The van der Waals surface area contributed by atoms with Gasteiger partial charge in [0.15, 0.2) is 0 Å². The Labute approximate surface area is 255 Å². The highest BCUT2D eigenvalue weighted by molar-refractivity contribution is 5.92. The predicted molar refractivity (Wildman–Crippen MR) is 165 cm³/mol. The Morgan fingerprint density at radius 1 is 0.907 bits per heavy atom. The van der Waals surface area contributed by atoms with Gasteiger partial charge in [0.1, 0.15) is 18.1 Å². The van der Waals surface area contributed by atoms with Crippen LogP contribution in [-0.2, 0) is 23.9 Å². The summed E-state index contributed by atoms with van der Waals surface area (Å²) in [4.78, 5) is 55.9. The maximum Gasteiger partial charge on any atom is 0.258 e. The average Bonchev–Trinajstić information content (AvgIpc) is 3.02. The standard InChI is InChI=1S/C33H49N5O5/c1-21(2)29-31(40)34-23(4)32(41)38-19-11-15-26(36-38)33(42)37-18-9-8-16-27(37)25-14-10-13-24(20-25)12-6-7-17-28(43-5)22(3)30(39)35-29/h6,10,12-14,20-23,26-29,36H,7-9,11,15-19H2,1-5H3,(H,34,40)(H,35,39)/t22-,23+,26+,27?,28-,29+/m1/s1. The van der Waals surface area contributed by atoms with Crippen LogP contribution in [0.4, 0.5) is 0 Å². The van der Waals surface area contributed by atoms with E-state index in [1.54, 1.807) is 14.0 Å². The van der Waals surface area contributed by atoms with Crippen LogP contribution in [0.2, 0.25) is 0 Å². The lowest BCUT2D eigenvalue weighted by atomic mass is 9.92. The second-order valence-corrected chi connectivity index (χ2v) is 12.5. The van der Waals surface area contributed by atoms with Crippen molar-refractivity contribution >= 4 is 29.7 Å². The fraction of sp³-hybridized carbons (Fsp3) is 0.636. The fourth-order valence-electron chi connectivity index (χ4n) is 6.37. The van der Waals surface area contributed by atoms with E-state index in [-0.39, 0.29) is 35.8 Å². The minimum atomic E-state index is -0.841. The summed E-state index contributed by atoms with van der Waals surface area (Å²) in [5.41, 5.74) is 5.35. The lowest BCUT2D eigenvalue weighted by Gasteiger charge is -2.41. The Morgan fingerprint density at radius 2 is 1.70 bits per heavy atom. The quantitative estimate of drug-likeness (QED) is 0.483. The minimum absolute atomic E-state index is 0.00397. The van der Waals surface area contributed by atoms with E-state index in [9.17, 15) is 19.2 Å². The number of carbonyl (C=O) groups excluding carboxylic acids is 4. The molecule has 0 saturated carbocycles. The van der Waals surface area contributed by atoms with E-state index >= 15 is 0 Å². The molecule has 0 aliphatic carbocycles. The highest BCUT2D eigenvalue weighted by Crippen LogP contribution is 2.33. The first kappa shape index (κ1) is 32.7. The molecular formula is C33H49N5O5. The van der Waals surface area contributed by atoms with Crippen molar-refractivity contribution in [3.8, 4) is 0 Å². The number of nitrogens with zero attached hydrogens (tertiary/aromatic N) is 2. The van der Waals surface area contributed by atoms with Crippen LogP contribution in [0.1, 0.15) is 89.8 Å². The Balaban J connectivity index is 1.63. The molecule has 1 aromatic rings. The van der Waals surface area contributed by atoms with Gasteiger partial charge in [-0.15, -0.1) is 0 Å². The van der Waals surface area contributed by atoms with E-state index in [0.29, 0.717) is 38.8 Å². The molecule has 6 atom stereocenters. The number of allylic oxidation sites excluding steroid dienone is 1. The lowest BCUT2D eigenvalue weighted by Crippen LogP contribution is -2.62. The number of hydrazine groups is 1. The van der Waals surface area contributed by atoms with Crippen molar-refractivity contribution < 1.29 is 23.9 Å². The Morgan fingerprint density at radius 3 is 2.44 bits per heavy atom. The number of nitrogens with one attached hydrogen (secondary N) is 3. The van der Waals surface area contributed by atoms with Gasteiger partial charge in [-0.1, -0.05) is 51.1 Å². The van der Waals surface area contributed by atoms with E-state index in [0.717, 1.165) is 30.4 Å². The van der Waals surface area contributed by atoms with Crippen molar-refractivity contribution in [2.45, 2.75) is 103 Å². The second-order valence-electron chi connectivity index (χ2n) is 12.5. The molecule has 3 aliphatic rings. The molecule has 0 aromatic heterocycles. The summed E-state index contributed by atoms with van der Waals surface area (Å²) in [5, 5.41) is 7.17. The molecule has 0 spiro atoms. The van der Waals surface area contributed by atoms with Crippen LogP contribution >= 0.6 is 0 Å². The predicted octanol–water partition coefficient (Wildman–Crippen LogP) is 3.34. The smallest absolute Gasteiger partial charge is 0.258 e. The molecule has 4 amide bonds. The topological polar surface area (TPSA) is 120 Å². The molecule has 3 N–H and O–H groups in total. The van der Waals surface area contributed by atoms with Gasteiger partial charge < -0.3 is 20.3 Å². The van der Waals surface area contributed by atoms with Crippen LogP contribution in [0.25, 0.3) is 6.08 Å². The van der Waals surface area contributed by atoms with Gasteiger partial charge in [0.25, 0.3) is 5.91 Å². The van der Waals surface area contributed by atoms with E-state index in [4.69, 9.17) is 4.74 Å². The first-order valence-electron chi connectivity index (χ1n) is 15.9. The lowest BCUT2D eigenvalue weighted by molar-refractivity contribution is -0.147. The van der Waals surface area contributed by atoms with Crippen LogP contribution in [0, 0.1) is 11.8 Å². The molecule has 43 heavy (non-hydrogen) atoms. The monoisotopic (exact) mass is 595 g/mol. The van der Waals surface area contributed by atoms with Crippen LogP contribution in [0.3, 0.4) is 0 Å². The van der Waals surface area contributed by atoms with Gasteiger partial charge >= 0.3 is 0 Å². The number of ether oxygens (including phenoxy) is 1. The zero-order valence-corrected chi connectivity index (χ0v) is 26.3. The first-order valence-corrected chi connectivity index (χ1v) is 15.9. The molecule has 0 radical (unpaired) electrons. The molecule has 2 fully saturated rings. The van der Waals surface area contributed by atoms with Gasteiger partial charge in [-0.05, 0) is 75.0 Å². The number of benzene rings is 1. The van der Waals surface area contributed by atoms with Gasteiger partial charge in [0.05, 0.1) is 18.1 Å². The van der Waals surface area contributed by atoms with Gasteiger partial charge in [0, 0.05) is 20.2 Å². The number of hydrogen-bond acceptors (Lipinski definition) is 6. The maximum absolute atomic E-state index is 13.9. The molecule has 3 aliphatic heterocycles. The number of piperidine rings is 1. The zero-order valence-electron chi connectivity index (χ0n) is 26.3. The Hall–Kier alpha value is -3.24. The number of amides is 4. The number of hydrogen-bond donors (Lipinski definition) is 3. The summed E-state index contributed by atoms with van der Waals surface area (Å²) in [5.74, 6) is -1.67. The molecular weight excluding hydrogens is 546 g/mol. The summed E-state index contributed by atoms with van der Waals surface area (Å²) in [6, 6.07) is 6.15. The van der Waals surface area contributed by atoms with Crippen molar-refractivity contribution in [2.24, 2.45) is 11.8 Å². The van der Waals surface area contributed by atoms with Gasteiger partial charge in [-0.2, -0.15) is 0 Å². The van der Waals surface area contributed by atoms with Gasteiger partial charge in [-0.25, -0.2) is 5.43 Å². The van der Waals surface area contributed by atoms with Crippen molar-refractivity contribution in [2.75, 3.05) is 20.2 Å². The van der Waals surface area contributed by atoms with Gasteiger partial charge in [0.2, 0.25) is 17.7 Å². The molecule has 236 valence electrons. The van der Waals surface area contributed by atoms with Crippen molar-refractivity contribution in [3.05, 3.63) is 41.5 Å². The van der Waals surface area contributed by atoms with E-state index in [1.165, 1.54) is 5.01 Å². The molecule has 10 heteroatoms. The molecule has 4 rings (SSSR count). The maximum atomic E-state index is 13.9. The average molecular weight is 596 g/mol. The molecule has 3 heterocycles. The van der Waals surface area contributed by atoms with Crippen LogP contribution in [0.5, 0.6) is 0 Å². The van der Waals surface area contributed by atoms with Crippen LogP contribution < -0.4 is 16.1 Å². The number of carbonyl (C=O) groups is 4. The summed E-state index contributed by atoms with van der Waals surface area (Å²) < 4.78 is 5.69. The second kappa shape index (κ2) is 15.0. The van der Waals surface area contributed by atoms with Crippen molar-refractivity contribution in [1.29, 1.82) is 0 Å². The first-order chi connectivity index (χ1) is 20.6. The normalized spacial score (nSPS) is 30.2. The van der Waals surface area contributed by atoms with E-state index < -0.39 is 30.0 Å². The van der Waals surface area contributed by atoms with Crippen molar-refractivity contribution in [1.82, 2.24) is 26.0 Å². The van der Waals surface area contributed by atoms with Crippen LogP contribution in [-0.4, -0.2) is 78.0 Å². The Kier molecular flexibility index (Phi) is 11.4. The number of rotatable bonds is 2. The largest absolute Gasteiger partial charge is 0.381 e. The Bertz CT molecular complexity index is 1190. The minimum Gasteiger partial charge on any atom is -0.381 e. The third-order valence-electron chi connectivity index (χ3n) is 9.01. The summed E-state index contributed by atoms with van der Waals surface area (Å²) in [6.07, 6.45) is 9.41. The third-order valence-corrected chi connectivity index (χ3v) is 9.01. The zero-order chi connectivity index (χ0) is 31.1. The summed E-state index contributed by atoms with van der Waals surface area (Å²) >= 11 is 0.